The summed E-state index contributed by atoms with van der Waals surface area (Å²) in [6.07, 6.45) is 0. The van der Waals surface area contributed by atoms with Gasteiger partial charge in [-0.25, -0.2) is 4.99 Å². The van der Waals surface area contributed by atoms with Crippen LogP contribution in [0.5, 0.6) is 0 Å². The van der Waals surface area contributed by atoms with Crippen LogP contribution in [-0.4, -0.2) is 5.96 Å². The second kappa shape index (κ2) is 8.27. The number of aliphatic imine (C=N–C) groups is 1. The number of benzene rings is 2. The third-order valence-electron chi connectivity index (χ3n) is 2.78. The lowest BCUT2D eigenvalue weighted by Crippen LogP contribution is -2.22. The van der Waals surface area contributed by atoms with Gasteiger partial charge >= 0.3 is 0 Å². The Kier molecular flexibility index (Phi) is 6.69. The summed E-state index contributed by atoms with van der Waals surface area (Å²) in [5.41, 5.74) is 9.50. The molecule has 0 bridgehead atoms. The van der Waals surface area contributed by atoms with Gasteiger partial charge in [0.2, 0.25) is 0 Å². The van der Waals surface area contributed by atoms with Gasteiger partial charge < -0.3 is 11.1 Å². The van der Waals surface area contributed by atoms with E-state index in [0.717, 1.165) is 16.8 Å². The van der Waals surface area contributed by atoms with Gasteiger partial charge in [0.05, 0.1) is 18.2 Å². The van der Waals surface area contributed by atoms with Crippen molar-refractivity contribution in [3.05, 3.63) is 65.2 Å². The van der Waals surface area contributed by atoms with Gasteiger partial charge in [0.15, 0.2) is 5.96 Å². The van der Waals surface area contributed by atoms with Crippen molar-refractivity contribution in [2.75, 3.05) is 5.32 Å². The Hall–Kier alpha value is -2.07. The van der Waals surface area contributed by atoms with Gasteiger partial charge in [-0.05, 0) is 42.3 Å². The van der Waals surface area contributed by atoms with Gasteiger partial charge in [-0.15, -0.1) is 24.0 Å². The van der Waals surface area contributed by atoms with E-state index in [4.69, 9.17) is 11.0 Å². The number of aryl methyl sites for hydroxylation is 1. The summed E-state index contributed by atoms with van der Waals surface area (Å²) >= 11 is 0. The van der Waals surface area contributed by atoms with Crippen LogP contribution in [0.1, 0.15) is 16.7 Å². The van der Waals surface area contributed by atoms with Crippen molar-refractivity contribution in [2.45, 2.75) is 13.5 Å². The van der Waals surface area contributed by atoms with E-state index in [1.54, 1.807) is 6.07 Å². The van der Waals surface area contributed by atoms with E-state index in [9.17, 15) is 0 Å². The second-order valence-corrected chi connectivity index (χ2v) is 4.51. The minimum Gasteiger partial charge on any atom is -0.370 e. The summed E-state index contributed by atoms with van der Waals surface area (Å²) in [6, 6.07) is 17.4. The zero-order chi connectivity index (χ0) is 14.4. The standard InChI is InChI=1S/C16H16N4.HI/c1-12-4-2-7-15(8-12)20-16(18)19-11-14-6-3-5-13(9-14)10-17;/h2-9H,11H2,1H3,(H3,18,19,20);1H. The van der Waals surface area contributed by atoms with Crippen LogP contribution in [0.15, 0.2) is 53.5 Å². The highest BCUT2D eigenvalue weighted by Gasteiger charge is 1.97. The molecule has 0 unspecified atom stereocenters. The van der Waals surface area contributed by atoms with Crippen molar-refractivity contribution in [2.24, 2.45) is 10.7 Å². The summed E-state index contributed by atoms with van der Waals surface area (Å²) < 4.78 is 0. The lowest BCUT2D eigenvalue weighted by molar-refractivity contribution is 1.06. The van der Waals surface area contributed by atoms with Crippen LogP contribution < -0.4 is 11.1 Å². The number of nitrogens with zero attached hydrogens (tertiary/aromatic N) is 2. The van der Waals surface area contributed by atoms with Crippen LogP contribution in [0.4, 0.5) is 5.69 Å². The predicted molar refractivity (Wildman–Crippen MR) is 96.7 cm³/mol. The van der Waals surface area contributed by atoms with Crippen molar-refractivity contribution in [1.29, 1.82) is 5.26 Å². The van der Waals surface area contributed by atoms with E-state index in [1.165, 1.54) is 0 Å². The van der Waals surface area contributed by atoms with E-state index < -0.39 is 0 Å². The Bertz CT molecular complexity index is 674. The molecule has 0 atom stereocenters. The molecule has 2 aromatic rings. The number of anilines is 1. The maximum Gasteiger partial charge on any atom is 0.193 e. The Morgan fingerprint density at radius 2 is 2.00 bits per heavy atom. The molecule has 4 nitrogen and oxygen atoms in total. The van der Waals surface area contributed by atoms with Crippen LogP contribution in [0.2, 0.25) is 0 Å². The molecule has 0 aliphatic carbocycles. The van der Waals surface area contributed by atoms with Gasteiger partial charge in [0, 0.05) is 5.69 Å². The van der Waals surface area contributed by atoms with E-state index in [2.05, 4.69) is 16.4 Å². The topological polar surface area (TPSA) is 74.2 Å². The highest BCUT2D eigenvalue weighted by Crippen LogP contribution is 2.09. The zero-order valence-electron chi connectivity index (χ0n) is 11.7. The minimum absolute atomic E-state index is 0. The number of rotatable bonds is 3. The molecule has 0 saturated heterocycles. The summed E-state index contributed by atoms with van der Waals surface area (Å²) in [7, 11) is 0. The zero-order valence-corrected chi connectivity index (χ0v) is 14.0. The average Bonchev–Trinajstić information content (AvgIpc) is 2.45. The van der Waals surface area contributed by atoms with Crippen molar-refractivity contribution in [1.82, 2.24) is 0 Å². The quantitative estimate of drug-likeness (QED) is 0.478. The maximum atomic E-state index is 8.84. The van der Waals surface area contributed by atoms with Crippen molar-refractivity contribution >= 4 is 35.6 Å². The normalized spacial score (nSPS) is 10.4. The number of hydrogen-bond donors (Lipinski definition) is 2. The number of nitriles is 1. The Morgan fingerprint density at radius 3 is 2.71 bits per heavy atom. The smallest absolute Gasteiger partial charge is 0.193 e. The molecule has 0 aromatic heterocycles. The molecule has 0 amide bonds. The van der Waals surface area contributed by atoms with Gasteiger partial charge in [0.1, 0.15) is 0 Å². The molecule has 0 spiro atoms. The fourth-order valence-electron chi connectivity index (χ4n) is 1.83. The van der Waals surface area contributed by atoms with Crippen LogP contribution in [0, 0.1) is 18.3 Å². The van der Waals surface area contributed by atoms with Crippen LogP contribution in [-0.2, 0) is 6.54 Å². The molecule has 0 heterocycles. The first-order chi connectivity index (χ1) is 9.67. The predicted octanol–water partition coefficient (Wildman–Crippen LogP) is 3.41. The fourth-order valence-corrected chi connectivity index (χ4v) is 1.83. The molecular formula is C16H17IN4. The molecule has 3 N–H and O–H groups in total. The first-order valence-electron chi connectivity index (χ1n) is 6.30. The monoisotopic (exact) mass is 392 g/mol. The maximum absolute atomic E-state index is 8.84. The van der Waals surface area contributed by atoms with Gasteiger partial charge in [0.25, 0.3) is 0 Å². The summed E-state index contributed by atoms with van der Waals surface area (Å²) in [6.45, 7) is 2.46. The molecule has 108 valence electrons. The summed E-state index contributed by atoms with van der Waals surface area (Å²) in [4.78, 5) is 4.27. The molecule has 0 saturated carbocycles. The number of nitrogens with one attached hydrogen (secondary N) is 1. The molecule has 0 radical (unpaired) electrons. The molecule has 2 rings (SSSR count). The number of halogens is 1. The minimum atomic E-state index is 0. The molecule has 2 aromatic carbocycles. The Labute approximate surface area is 141 Å². The Balaban J connectivity index is 0.00000220. The number of hydrogen-bond acceptors (Lipinski definition) is 2. The third-order valence-corrected chi connectivity index (χ3v) is 2.78. The molecule has 21 heavy (non-hydrogen) atoms. The van der Waals surface area contributed by atoms with Crippen molar-refractivity contribution in [3.8, 4) is 6.07 Å². The fraction of sp³-hybridized carbons (Fsp3) is 0.125. The van der Waals surface area contributed by atoms with Gasteiger partial charge in [-0.1, -0.05) is 24.3 Å². The number of guanidine groups is 1. The van der Waals surface area contributed by atoms with Crippen molar-refractivity contribution in [3.63, 3.8) is 0 Å². The Morgan fingerprint density at radius 1 is 1.24 bits per heavy atom. The third kappa shape index (κ3) is 5.44. The van der Waals surface area contributed by atoms with E-state index in [-0.39, 0.29) is 24.0 Å². The first-order valence-corrected chi connectivity index (χ1v) is 6.30. The highest BCUT2D eigenvalue weighted by molar-refractivity contribution is 14.0. The second-order valence-electron chi connectivity index (χ2n) is 4.51. The largest absolute Gasteiger partial charge is 0.370 e. The molecular weight excluding hydrogens is 375 g/mol. The first kappa shape index (κ1) is 17.0. The van der Waals surface area contributed by atoms with Crippen molar-refractivity contribution < 1.29 is 0 Å². The van der Waals surface area contributed by atoms with E-state index in [0.29, 0.717) is 18.1 Å². The van der Waals surface area contributed by atoms with Gasteiger partial charge in [-0.2, -0.15) is 5.26 Å². The summed E-state index contributed by atoms with van der Waals surface area (Å²) in [5.74, 6) is 0.359. The molecule has 0 aliphatic heterocycles. The SMILES string of the molecule is Cc1cccc(NC(N)=NCc2cccc(C#N)c2)c1.I. The van der Waals surface area contributed by atoms with Crippen LogP contribution in [0.3, 0.4) is 0 Å². The lowest BCUT2D eigenvalue weighted by Gasteiger charge is -2.06. The van der Waals surface area contributed by atoms with E-state index >= 15 is 0 Å². The lowest BCUT2D eigenvalue weighted by atomic mass is 10.1. The van der Waals surface area contributed by atoms with Crippen LogP contribution >= 0.6 is 24.0 Å². The summed E-state index contributed by atoms with van der Waals surface area (Å²) in [5, 5.41) is 11.9. The highest BCUT2D eigenvalue weighted by atomic mass is 127. The van der Waals surface area contributed by atoms with E-state index in [1.807, 2.05) is 49.4 Å². The molecule has 5 heteroatoms. The number of nitrogens with two attached hydrogens (primary N) is 1. The molecule has 0 fully saturated rings. The molecule has 0 aliphatic rings. The van der Waals surface area contributed by atoms with Crippen LogP contribution in [0.25, 0.3) is 0 Å². The average molecular weight is 392 g/mol. The van der Waals surface area contributed by atoms with Gasteiger partial charge in [-0.3, -0.25) is 0 Å².